The molecule has 0 saturated carbocycles. The molecule has 2 N–H and O–H groups in total. The van der Waals surface area contributed by atoms with Crippen molar-refractivity contribution in [3.8, 4) is 0 Å². The summed E-state index contributed by atoms with van der Waals surface area (Å²) in [6.45, 7) is 3.86. The van der Waals surface area contributed by atoms with E-state index >= 15 is 0 Å². The van der Waals surface area contributed by atoms with Crippen LogP contribution in [0.1, 0.15) is 5.56 Å². The summed E-state index contributed by atoms with van der Waals surface area (Å²) in [4.78, 5) is 10.4. The minimum absolute atomic E-state index is 0.0854. The molecule has 0 aliphatic carbocycles. The van der Waals surface area contributed by atoms with E-state index in [-0.39, 0.29) is 6.61 Å². The lowest BCUT2D eigenvalue weighted by molar-refractivity contribution is 0.202. The predicted molar refractivity (Wildman–Crippen MR) is 67.5 cm³/mol. The summed E-state index contributed by atoms with van der Waals surface area (Å²) in [5, 5.41) is 12.1. The zero-order valence-corrected chi connectivity index (χ0v) is 10.6. The van der Waals surface area contributed by atoms with Gasteiger partial charge in [-0.2, -0.15) is 0 Å². The molecule has 0 spiro atoms. The molecular weight excluding hydrogens is 220 g/mol. The van der Waals surface area contributed by atoms with Crippen LogP contribution in [0.5, 0.6) is 0 Å². The van der Waals surface area contributed by atoms with Crippen LogP contribution in [-0.2, 0) is 4.74 Å². The van der Waals surface area contributed by atoms with Gasteiger partial charge in [0.25, 0.3) is 0 Å². The molecule has 0 bridgehead atoms. The molecule has 1 aromatic heterocycles. The number of rotatable bonds is 7. The normalized spacial score (nSPS) is 10.4. The summed E-state index contributed by atoms with van der Waals surface area (Å²) >= 11 is 0. The molecule has 96 valence electrons. The lowest BCUT2D eigenvalue weighted by atomic mass is 10.3. The minimum atomic E-state index is 0.0854. The number of aliphatic hydroxyl groups excluding tert-OH is 1. The van der Waals surface area contributed by atoms with Crippen molar-refractivity contribution >= 4 is 11.6 Å². The van der Waals surface area contributed by atoms with Crippen LogP contribution in [-0.4, -0.2) is 55.5 Å². The fourth-order valence-electron chi connectivity index (χ4n) is 1.66. The van der Waals surface area contributed by atoms with E-state index in [0.717, 1.165) is 17.2 Å². The number of hydrogen-bond acceptors (Lipinski definition) is 6. The van der Waals surface area contributed by atoms with Crippen LogP contribution in [0.3, 0.4) is 0 Å². The number of hydrogen-bond donors (Lipinski definition) is 2. The molecule has 0 aromatic carbocycles. The molecule has 6 nitrogen and oxygen atoms in total. The summed E-state index contributed by atoms with van der Waals surface area (Å²) in [5.74, 6) is 1.63. The number of aliphatic hydroxyl groups is 1. The first kappa shape index (κ1) is 13.7. The van der Waals surface area contributed by atoms with Crippen molar-refractivity contribution in [3.63, 3.8) is 0 Å². The third-order valence-electron chi connectivity index (χ3n) is 2.53. The number of methoxy groups -OCH3 is 1. The van der Waals surface area contributed by atoms with Crippen molar-refractivity contribution in [2.75, 3.05) is 50.7 Å². The number of nitrogens with one attached hydrogen (secondary N) is 1. The molecule has 0 aliphatic heterocycles. The minimum Gasteiger partial charge on any atom is -0.395 e. The second kappa shape index (κ2) is 7.03. The monoisotopic (exact) mass is 240 g/mol. The van der Waals surface area contributed by atoms with Crippen molar-refractivity contribution < 1.29 is 9.84 Å². The van der Waals surface area contributed by atoms with Crippen LogP contribution < -0.4 is 10.2 Å². The van der Waals surface area contributed by atoms with E-state index in [1.165, 1.54) is 6.33 Å². The second-order valence-corrected chi connectivity index (χ2v) is 3.62. The molecule has 0 amide bonds. The largest absolute Gasteiger partial charge is 0.395 e. The zero-order chi connectivity index (χ0) is 12.7. The predicted octanol–water partition coefficient (Wildman–Crippen LogP) is 0.272. The summed E-state index contributed by atoms with van der Waals surface area (Å²) < 4.78 is 5.05. The maximum Gasteiger partial charge on any atom is 0.137 e. The van der Waals surface area contributed by atoms with Gasteiger partial charge in [0.15, 0.2) is 0 Å². The number of anilines is 2. The highest BCUT2D eigenvalue weighted by Gasteiger charge is 2.12. The van der Waals surface area contributed by atoms with E-state index in [0.29, 0.717) is 19.7 Å². The summed E-state index contributed by atoms with van der Waals surface area (Å²) in [6.07, 6.45) is 1.52. The zero-order valence-electron chi connectivity index (χ0n) is 10.6. The topological polar surface area (TPSA) is 70.5 Å². The van der Waals surface area contributed by atoms with Gasteiger partial charge < -0.3 is 20.1 Å². The van der Waals surface area contributed by atoms with Crippen molar-refractivity contribution in [3.05, 3.63) is 11.9 Å². The van der Waals surface area contributed by atoms with Crippen molar-refractivity contribution in [1.29, 1.82) is 0 Å². The standard InChI is InChI=1S/C11H20N4O2/c1-9-10(12-2)13-8-14-11(9)15(4-6-16)5-7-17-3/h8,16H,4-7H2,1-3H3,(H,12,13,14). The van der Waals surface area contributed by atoms with Crippen LogP contribution in [0.4, 0.5) is 11.6 Å². The van der Waals surface area contributed by atoms with Gasteiger partial charge in [0, 0.05) is 32.8 Å². The molecular formula is C11H20N4O2. The van der Waals surface area contributed by atoms with Gasteiger partial charge in [0.1, 0.15) is 18.0 Å². The summed E-state index contributed by atoms with van der Waals surface area (Å²) in [6, 6.07) is 0. The van der Waals surface area contributed by atoms with Gasteiger partial charge in [0.2, 0.25) is 0 Å². The molecule has 6 heteroatoms. The van der Waals surface area contributed by atoms with E-state index in [2.05, 4.69) is 15.3 Å². The van der Waals surface area contributed by atoms with Gasteiger partial charge in [-0.15, -0.1) is 0 Å². The van der Waals surface area contributed by atoms with Crippen LogP contribution in [0.25, 0.3) is 0 Å². The van der Waals surface area contributed by atoms with Gasteiger partial charge in [-0.25, -0.2) is 9.97 Å². The van der Waals surface area contributed by atoms with Gasteiger partial charge in [-0.05, 0) is 6.92 Å². The smallest absolute Gasteiger partial charge is 0.137 e. The van der Waals surface area contributed by atoms with Crippen molar-refractivity contribution in [2.45, 2.75) is 6.92 Å². The average Bonchev–Trinajstić information content (AvgIpc) is 2.35. The van der Waals surface area contributed by atoms with E-state index in [4.69, 9.17) is 9.84 Å². The molecule has 0 radical (unpaired) electrons. The van der Waals surface area contributed by atoms with Gasteiger partial charge >= 0.3 is 0 Å². The molecule has 17 heavy (non-hydrogen) atoms. The van der Waals surface area contributed by atoms with Crippen LogP contribution >= 0.6 is 0 Å². The molecule has 0 aliphatic rings. The molecule has 1 rings (SSSR count). The number of aromatic nitrogens is 2. The van der Waals surface area contributed by atoms with E-state index in [1.807, 2.05) is 18.9 Å². The first-order valence-electron chi connectivity index (χ1n) is 5.58. The number of ether oxygens (including phenoxy) is 1. The fraction of sp³-hybridized carbons (Fsp3) is 0.636. The third-order valence-corrected chi connectivity index (χ3v) is 2.53. The van der Waals surface area contributed by atoms with Gasteiger partial charge in [-0.1, -0.05) is 0 Å². The lowest BCUT2D eigenvalue weighted by Crippen LogP contribution is -2.31. The molecule has 0 atom stereocenters. The summed E-state index contributed by atoms with van der Waals surface area (Å²) in [5.41, 5.74) is 0.972. The Bertz CT molecular complexity index is 346. The van der Waals surface area contributed by atoms with Crippen molar-refractivity contribution in [1.82, 2.24) is 9.97 Å². The van der Waals surface area contributed by atoms with E-state index in [1.54, 1.807) is 7.11 Å². The first-order chi connectivity index (χ1) is 8.24. The van der Waals surface area contributed by atoms with Crippen LogP contribution in [0.15, 0.2) is 6.33 Å². The Labute approximate surface area is 102 Å². The van der Waals surface area contributed by atoms with Crippen LogP contribution in [0.2, 0.25) is 0 Å². The lowest BCUT2D eigenvalue weighted by Gasteiger charge is -2.24. The molecule has 0 saturated heterocycles. The SMILES string of the molecule is CNc1ncnc(N(CCO)CCOC)c1C. The van der Waals surface area contributed by atoms with Crippen molar-refractivity contribution in [2.24, 2.45) is 0 Å². The Kier molecular flexibility index (Phi) is 5.65. The number of nitrogens with zero attached hydrogens (tertiary/aromatic N) is 3. The van der Waals surface area contributed by atoms with E-state index < -0.39 is 0 Å². The fourth-order valence-corrected chi connectivity index (χ4v) is 1.66. The van der Waals surface area contributed by atoms with Crippen LogP contribution in [0, 0.1) is 6.92 Å². The maximum absolute atomic E-state index is 9.07. The highest BCUT2D eigenvalue weighted by Crippen LogP contribution is 2.21. The highest BCUT2D eigenvalue weighted by molar-refractivity contribution is 5.57. The first-order valence-corrected chi connectivity index (χ1v) is 5.58. The Hall–Kier alpha value is -1.40. The molecule has 0 fully saturated rings. The van der Waals surface area contributed by atoms with Gasteiger partial charge in [-0.3, -0.25) is 0 Å². The molecule has 0 unspecified atom stereocenters. The quantitative estimate of drug-likeness (QED) is 0.713. The van der Waals surface area contributed by atoms with Gasteiger partial charge in [0.05, 0.1) is 13.2 Å². The Morgan fingerprint density at radius 2 is 2.18 bits per heavy atom. The second-order valence-electron chi connectivity index (χ2n) is 3.62. The Balaban J connectivity index is 2.92. The molecule has 1 aromatic rings. The molecule has 1 heterocycles. The maximum atomic E-state index is 9.07. The summed E-state index contributed by atoms with van der Waals surface area (Å²) in [7, 11) is 3.48. The average molecular weight is 240 g/mol. The highest BCUT2D eigenvalue weighted by atomic mass is 16.5. The Morgan fingerprint density at radius 1 is 1.41 bits per heavy atom. The Morgan fingerprint density at radius 3 is 2.76 bits per heavy atom. The third kappa shape index (κ3) is 3.54. The van der Waals surface area contributed by atoms with E-state index in [9.17, 15) is 0 Å².